The number of anilines is 1. The fraction of sp³-hybridized carbons (Fsp3) is 0.125. The topological polar surface area (TPSA) is 37.4 Å². The molecule has 0 aromatic heterocycles. The van der Waals surface area contributed by atoms with Crippen molar-refractivity contribution in [2.45, 2.75) is 11.8 Å². The van der Waals surface area contributed by atoms with Crippen LogP contribution in [0.4, 0.5) is 5.69 Å². The first kappa shape index (κ1) is 15.6. The molecule has 0 bridgehead atoms. The summed E-state index contributed by atoms with van der Waals surface area (Å²) in [6.45, 7) is 5.77. The van der Waals surface area contributed by atoms with E-state index >= 15 is 0 Å². The molecular formula is C16H16ClNO2S. The summed E-state index contributed by atoms with van der Waals surface area (Å²) in [7, 11) is -3.65. The van der Waals surface area contributed by atoms with Crippen molar-refractivity contribution in [2.24, 2.45) is 0 Å². The largest absolute Gasteiger partial charge is 0.264 e. The maximum atomic E-state index is 12.8. The van der Waals surface area contributed by atoms with Gasteiger partial charge in [0.05, 0.1) is 17.1 Å². The van der Waals surface area contributed by atoms with E-state index in [0.29, 0.717) is 10.7 Å². The minimum atomic E-state index is -3.65. The van der Waals surface area contributed by atoms with Crippen LogP contribution in [0.15, 0.2) is 66.1 Å². The summed E-state index contributed by atoms with van der Waals surface area (Å²) >= 11 is 5.82. The quantitative estimate of drug-likeness (QED) is 0.780. The Balaban J connectivity index is 2.50. The lowest BCUT2D eigenvalue weighted by atomic mass is 10.2. The highest BCUT2D eigenvalue weighted by atomic mass is 35.5. The Morgan fingerprint density at radius 2 is 1.86 bits per heavy atom. The van der Waals surface area contributed by atoms with Crippen LogP contribution in [0.1, 0.15) is 5.56 Å². The molecule has 0 saturated carbocycles. The molecule has 0 aliphatic carbocycles. The van der Waals surface area contributed by atoms with Crippen molar-refractivity contribution < 1.29 is 8.42 Å². The zero-order valence-electron chi connectivity index (χ0n) is 11.7. The summed E-state index contributed by atoms with van der Waals surface area (Å²) < 4.78 is 26.9. The Bertz CT molecular complexity index is 739. The number of rotatable bonds is 5. The first-order valence-electron chi connectivity index (χ1n) is 6.41. The van der Waals surface area contributed by atoms with Gasteiger partial charge in [-0.3, -0.25) is 4.31 Å². The molecule has 110 valence electrons. The van der Waals surface area contributed by atoms with Gasteiger partial charge in [-0.05, 0) is 48.9 Å². The lowest BCUT2D eigenvalue weighted by Crippen LogP contribution is -2.31. The Morgan fingerprint density at radius 1 is 1.19 bits per heavy atom. The average molecular weight is 322 g/mol. The van der Waals surface area contributed by atoms with Crippen LogP contribution < -0.4 is 4.31 Å². The first-order chi connectivity index (χ1) is 9.95. The minimum absolute atomic E-state index is 0.203. The predicted octanol–water partition coefficient (Wildman–Crippen LogP) is 4.03. The van der Waals surface area contributed by atoms with Gasteiger partial charge in [0.15, 0.2) is 0 Å². The van der Waals surface area contributed by atoms with Gasteiger partial charge < -0.3 is 0 Å². The summed E-state index contributed by atoms with van der Waals surface area (Å²) in [5, 5.41) is 0.500. The molecule has 2 aromatic rings. The molecule has 2 rings (SSSR count). The van der Waals surface area contributed by atoms with Crippen LogP contribution >= 0.6 is 11.6 Å². The Hall–Kier alpha value is -1.78. The maximum absolute atomic E-state index is 12.8. The molecule has 0 N–H and O–H groups in total. The van der Waals surface area contributed by atoms with E-state index in [2.05, 4.69) is 6.58 Å². The van der Waals surface area contributed by atoms with Crippen molar-refractivity contribution in [1.82, 2.24) is 0 Å². The zero-order chi connectivity index (χ0) is 15.5. The highest BCUT2D eigenvalue weighted by Crippen LogP contribution is 2.25. The zero-order valence-corrected chi connectivity index (χ0v) is 13.2. The van der Waals surface area contributed by atoms with Gasteiger partial charge in [0.1, 0.15) is 0 Å². The first-order valence-corrected chi connectivity index (χ1v) is 8.23. The van der Waals surface area contributed by atoms with E-state index in [1.54, 1.807) is 24.3 Å². The number of hydrogen-bond donors (Lipinski definition) is 0. The van der Waals surface area contributed by atoms with Crippen LogP contribution in [0.2, 0.25) is 5.02 Å². The van der Waals surface area contributed by atoms with E-state index in [4.69, 9.17) is 11.6 Å². The third kappa shape index (κ3) is 3.46. The van der Waals surface area contributed by atoms with Gasteiger partial charge in [-0.2, -0.15) is 0 Å². The maximum Gasteiger partial charge on any atom is 0.264 e. The monoisotopic (exact) mass is 321 g/mol. The molecule has 0 spiro atoms. The normalized spacial score (nSPS) is 11.1. The van der Waals surface area contributed by atoms with Crippen molar-refractivity contribution in [3.8, 4) is 0 Å². The number of nitrogens with zero attached hydrogens (tertiary/aromatic N) is 1. The lowest BCUT2D eigenvalue weighted by molar-refractivity contribution is 0.593. The van der Waals surface area contributed by atoms with Gasteiger partial charge in [-0.1, -0.05) is 29.8 Å². The second kappa shape index (κ2) is 6.33. The highest BCUT2D eigenvalue weighted by molar-refractivity contribution is 7.92. The summed E-state index contributed by atoms with van der Waals surface area (Å²) in [6.07, 6.45) is 1.57. The summed E-state index contributed by atoms with van der Waals surface area (Å²) in [5.74, 6) is 0. The molecule has 0 atom stereocenters. The summed E-state index contributed by atoms with van der Waals surface area (Å²) in [5.41, 5.74) is 1.61. The number of aryl methyl sites for hydroxylation is 1. The van der Waals surface area contributed by atoms with Gasteiger partial charge in [0, 0.05) is 5.02 Å². The standard InChI is InChI=1S/C16H16ClNO2S/c1-3-11-18(15-6-4-5-13(2)12-15)21(19,20)16-9-7-14(17)8-10-16/h3-10,12H,1,11H2,2H3. The van der Waals surface area contributed by atoms with Crippen molar-refractivity contribution in [2.75, 3.05) is 10.8 Å². The molecule has 21 heavy (non-hydrogen) atoms. The fourth-order valence-electron chi connectivity index (χ4n) is 1.98. The van der Waals surface area contributed by atoms with E-state index in [0.717, 1.165) is 5.56 Å². The fourth-order valence-corrected chi connectivity index (χ4v) is 3.53. The molecule has 0 radical (unpaired) electrons. The molecule has 0 amide bonds. The van der Waals surface area contributed by atoms with Gasteiger partial charge >= 0.3 is 0 Å². The van der Waals surface area contributed by atoms with Crippen molar-refractivity contribution >= 4 is 27.3 Å². The molecule has 3 nitrogen and oxygen atoms in total. The molecule has 0 aliphatic heterocycles. The van der Waals surface area contributed by atoms with Crippen LogP contribution in [0.5, 0.6) is 0 Å². The molecule has 0 fully saturated rings. The Morgan fingerprint density at radius 3 is 2.43 bits per heavy atom. The van der Waals surface area contributed by atoms with Crippen molar-refractivity contribution in [1.29, 1.82) is 0 Å². The van der Waals surface area contributed by atoms with Gasteiger partial charge in [0.2, 0.25) is 0 Å². The van der Waals surface area contributed by atoms with Crippen molar-refractivity contribution in [3.63, 3.8) is 0 Å². The highest BCUT2D eigenvalue weighted by Gasteiger charge is 2.23. The van der Waals surface area contributed by atoms with Crippen LogP contribution in [-0.2, 0) is 10.0 Å². The van der Waals surface area contributed by atoms with Crippen LogP contribution in [0.3, 0.4) is 0 Å². The van der Waals surface area contributed by atoms with Crippen LogP contribution in [0, 0.1) is 6.92 Å². The third-order valence-corrected chi connectivity index (χ3v) is 5.05. The second-order valence-electron chi connectivity index (χ2n) is 4.62. The van der Waals surface area contributed by atoms with Gasteiger partial charge in [0.25, 0.3) is 10.0 Å². The van der Waals surface area contributed by atoms with E-state index < -0.39 is 10.0 Å². The van der Waals surface area contributed by atoms with Gasteiger partial charge in [-0.25, -0.2) is 8.42 Å². The van der Waals surface area contributed by atoms with Gasteiger partial charge in [-0.15, -0.1) is 6.58 Å². The molecule has 0 heterocycles. The molecule has 0 aliphatic rings. The average Bonchev–Trinajstić information content (AvgIpc) is 2.45. The smallest absolute Gasteiger partial charge is 0.263 e. The van der Waals surface area contributed by atoms with E-state index in [-0.39, 0.29) is 11.4 Å². The third-order valence-electron chi connectivity index (χ3n) is 2.99. The minimum Gasteiger partial charge on any atom is -0.263 e. The SMILES string of the molecule is C=CCN(c1cccc(C)c1)S(=O)(=O)c1ccc(Cl)cc1. The number of halogens is 1. The van der Waals surface area contributed by atoms with Crippen LogP contribution in [-0.4, -0.2) is 15.0 Å². The van der Waals surface area contributed by atoms with E-state index in [9.17, 15) is 8.42 Å². The van der Waals surface area contributed by atoms with E-state index in [1.807, 2.05) is 25.1 Å². The summed E-state index contributed by atoms with van der Waals surface area (Å²) in [6, 6.07) is 13.5. The molecule has 0 unspecified atom stereocenters. The molecule has 5 heteroatoms. The van der Waals surface area contributed by atoms with Crippen LogP contribution in [0.25, 0.3) is 0 Å². The molecule has 2 aromatic carbocycles. The Kier molecular flexibility index (Phi) is 4.70. The van der Waals surface area contributed by atoms with Crippen molar-refractivity contribution in [3.05, 3.63) is 71.8 Å². The predicted molar refractivity (Wildman–Crippen MR) is 87.4 cm³/mol. The Labute approximate surface area is 130 Å². The van der Waals surface area contributed by atoms with E-state index in [1.165, 1.54) is 16.4 Å². The lowest BCUT2D eigenvalue weighted by Gasteiger charge is -2.23. The second-order valence-corrected chi connectivity index (χ2v) is 6.92. The number of sulfonamides is 1. The molecule has 0 saturated heterocycles. The number of hydrogen-bond acceptors (Lipinski definition) is 2. The summed E-state index contributed by atoms with van der Waals surface area (Å²) in [4.78, 5) is 0.204. The number of benzene rings is 2. The molecular weight excluding hydrogens is 306 g/mol.